The van der Waals surface area contributed by atoms with Crippen molar-refractivity contribution < 1.29 is 18.7 Å². The molecule has 1 fully saturated rings. The third kappa shape index (κ3) is 5.13. The summed E-state index contributed by atoms with van der Waals surface area (Å²) in [6, 6.07) is 10.3. The molecule has 0 bridgehead atoms. The van der Waals surface area contributed by atoms with E-state index in [0.29, 0.717) is 54.3 Å². The quantitative estimate of drug-likeness (QED) is 0.682. The van der Waals surface area contributed by atoms with Gasteiger partial charge in [0.25, 0.3) is 0 Å². The topological polar surface area (TPSA) is 42.0 Å². The second-order valence-corrected chi connectivity index (χ2v) is 8.69. The SMILES string of the molecule is O=C(CSCc1cc(Cl)c2c(c1)OCCCO2)N1CCN(c2ccc(F)cc2)CC1. The van der Waals surface area contributed by atoms with Crippen molar-refractivity contribution in [1.82, 2.24) is 4.90 Å². The second kappa shape index (κ2) is 9.79. The number of hydrogen-bond donors (Lipinski definition) is 0. The number of amides is 1. The molecule has 0 spiro atoms. The number of rotatable bonds is 5. The molecule has 30 heavy (non-hydrogen) atoms. The molecule has 0 radical (unpaired) electrons. The Balaban J connectivity index is 1.25. The maximum Gasteiger partial charge on any atom is 0.232 e. The Morgan fingerprint density at radius 1 is 1.07 bits per heavy atom. The van der Waals surface area contributed by atoms with Gasteiger partial charge in [0.1, 0.15) is 5.82 Å². The molecule has 2 aliphatic heterocycles. The number of nitrogens with zero attached hydrogens (tertiary/aromatic N) is 2. The lowest BCUT2D eigenvalue weighted by molar-refractivity contribution is -0.128. The summed E-state index contributed by atoms with van der Waals surface area (Å²) in [6.45, 7) is 4.06. The molecule has 0 aromatic heterocycles. The monoisotopic (exact) mass is 450 g/mol. The van der Waals surface area contributed by atoms with Gasteiger partial charge >= 0.3 is 0 Å². The van der Waals surface area contributed by atoms with Gasteiger partial charge in [-0.2, -0.15) is 0 Å². The maximum absolute atomic E-state index is 13.1. The summed E-state index contributed by atoms with van der Waals surface area (Å²) < 4.78 is 24.5. The van der Waals surface area contributed by atoms with E-state index in [4.69, 9.17) is 21.1 Å². The lowest BCUT2D eigenvalue weighted by Gasteiger charge is -2.36. The van der Waals surface area contributed by atoms with Crippen LogP contribution in [0, 0.1) is 5.82 Å². The van der Waals surface area contributed by atoms with Crippen LogP contribution in [0.2, 0.25) is 5.02 Å². The third-order valence-corrected chi connectivity index (χ3v) is 6.45. The summed E-state index contributed by atoms with van der Waals surface area (Å²) in [7, 11) is 0. The Kier molecular flexibility index (Phi) is 6.89. The van der Waals surface area contributed by atoms with E-state index in [1.165, 1.54) is 12.1 Å². The van der Waals surface area contributed by atoms with Crippen LogP contribution in [0.1, 0.15) is 12.0 Å². The molecule has 1 saturated heterocycles. The van der Waals surface area contributed by atoms with Crippen LogP contribution in [-0.4, -0.2) is 56.0 Å². The molecule has 2 aromatic rings. The van der Waals surface area contributed by atoms with Crippen molar-refractivity contribution in [1.29, 1.82) is 0 Å². The Hall–Kier alpha value is -2.12. The van der Waals surface area contributed by atoms with Gasteiger partial charge in [-0.15, -0.1) is 11.8 Å². The summed E-state index contributed by atoms with van der Waals surface area (Å²) in [6.07, 6.45) is 0.831. The fourth-order valence-electron chi connectivity index (χ4n) is 3.58. The van der Waals surface area contributed by atoms with E-state index in [-0.39, 0.29) is 11.7 Å². The highest BCUT2D eigenvalue weighted by Gasteiger charge is 2.21. The van der Waals surface area contributed by atoms with E-state index in [1.807, 2.05) is 17.0 Å². The van der Waals surface area contributed by atoms with Crippen LogP contribution in [0.4, 0.5) is 10.1 Å². The summed E-state index contributed by atoms with van der Waals surface area (Å²) in [5.41, 5.74) is 2.01. The van der Waals surface area contributed by atoms with E-state index < -0.39 is 0 Å². The number of hydrogen-bond acceptors (Lipinski definition) is 5. The minimum absolute atomic E-state index is 0.138. The van der Waals surface area contributed by atoms with Gasteiger partial charge in [0, 0.05) is 44.0 Å². The zero-order chi connectivity index (χ0) is 20.9. The molecule has 2 aromatic carbocycles. The van der Waals surface area contributed by atoms with Crippen LogP contribution < -0.4 is 14.4 Å². The Morgan fingerprint density at radius 2 is 1.80 bits per heavy atom. The first kappa shape index (κ1) is 21.1. The van der Waals surface area contributed by atoms with Crippen molar-refractivity contribution in [3.05, 3.63) is 52.8 Å². The maximum atomic E-state index is 13.1. The highest BCUT2D eigenvalue weighted by atomic mass is 35.5. The highest BCUT2D eigenvalue weighted by Crippen LogP contribution is 2.38. The third-order valence-electron chi connectivity index (χ3n) is 5.18. The molecular weight excluding hydrogens is 427 g/mol. The van der Waals surface area contributed by atoms with Crippen LogP contribution in [0.25, 0.3) is 0 Å². The number of carbonyl (C=O) groups is 1. The Morgan fingerprint density at radius 3 is 2.57 bits per heavy atom. The largest absolute Gasteiger partial charge is 0.489 e. The van der Waals surface area contributed by atoms with Crippen LogP contribution in [0.3, 0.4) is 0 Å². The number of fused-ring (bicyclic) bond motifs is 1. The minimum atomic E-state index is -0.237. The average molecular weight is 451 g/mol. The van der Waals surface area contributed by atoms with E-state index in [2.05, 4.69) is 4.90 Å². The molecule has 0 unspecified atom stereocenters. The summed E-state index contributed by atoms with van der Waals surface area (Å²) >= 11 is 7.91. The predicted octanol–water partition coefficient (Wildman–Crippen LogP) is 4.22. The molecule has 160 valence electrons. The minimum Gasteiger partial charge on any atom is -0.489 e. The summed E-state index contributed by atoms with van der Waals surface area (Å²) in [5, 5.41) is 0.549. The van der Waals surface area contributed by atoms with E-state index in [1.54, 1.807) is 23.9 Å². The van der Waals surface area contributed by atoms with Gasteiger partial charge in [0.2, 0.25) is 5.91 Å². The van der Waals surface area contributed by atoms with Gasteiger partial charge < -0.3 is 19.3 Å². The van der Waals surface area contributed by atoms with Gasteiger partial charge in [-0.3, -0.25) is 4.79 Å². The number of ether oxygens (including phenoxy) is 2. The molecule has 0 aliphatic carbocycles. The van der Waals surface area contributed by atoms with Gasteiger partial charge in [-0.1, -0.05) is 11.6 Å². The van der Waals surface area contributed by atoms with E-state index >= 15 is 0 Å². The number of benzene rings is 2. The molecular formula is C22H24ClFN2O3S. The number of halogens is 2. The highest BCUT2D eigenvalue weighted by molar-refractivity contribution is 7.99. The zero-order valence-corrected chi connectivity index (χ0v) is 18.2. The molecule has 0 atom stereocenters. The lowest BCUT2D eigenvalue weighted by Crippen LogP contribution is -2.49. The van der Waals surface area contributed by atoms with Crippen molar-refractivity contribution in [2.75, 3.05) is 50.0 Å². The molecule has 2 heterocycles. The first-order valence-electron chi connectivity index (χ1n) is 10.0. The number of anilines is 1. The smallest absolute Gasteiger partial charge is 0.232 e. The molecule has 0 saturated carbocycles. The van der Waals surface area contributed by atoms with E-state index in [9.17, 15) is 9.18 Å². The predicted molar refractivity (Wildman–Crippen MR) is 118 cm³/mol. The normalized spacial score (nSPS) is 16.3. The molecule has 8 heteroatoms. The summed E-state index contributed by atoms with van der Waals surface area (Å²) in [4.78, 5) is 16.7. The van der Waals surface area contributed by atoms with Crippen LogP contribution in [-0.2, 0) is 10.5 Å². The molecule has 0 N–H and O–H groups in total. The van der Waals surface area contributed by atoms with Crippen molar-refractivity contribution in [3.8, 4) is 11.5 Å². The lowest BCUT2D eigenvalue weighted by atomic mass is 10.2. The fraction of sp³-hybridized carbons (Fsp3) is 0.409. The van der Waals surface area contributed by atoms with Gasteiger partial charge in [-0.05, 0) is 42.0 Å². The van der Waals surface area contributed by atoms with Gasteiger partial charge in [-0.25, -0.2) is 4.39 Å². The van der Waals surface area contributed by atoms with Crippen LogP contribution in [0.15, 0.2) is 36.4 Å². The van der Waals surface area contributed by atoms with Crippen LogP contribution >= 0.6 is 23.4 Å². The Bertz CT molecular complexity index is 889. The number of piperazine rings is 1. The standard InChI is InChI=1S/C22H24ClFN2O3S/c23-19-12-16(13-20-22(19)29-11-1-10-28-20)14-30-15-21(27)26-8-6-25(7-9-26)18-4-2-17(24)3-5-18/h2-5,12-13H,1,6-11,14-15H2. The van der Waals surface area contributed by atoms with Crippen LogP contribution in [0.5, 0.6) is 11.5 Å². The van der Waals surface area contributed by atoms with Crippen molar-refractivity contribution >= 4 is 35.0 Å². The Labute approximate surface area is 185 Å². The fourth-order valence-corrected chi connectivity index (χ4v) is 4.73. The van der Waals surface area contributed by atoms with E-state index in [0.717, 1.165) is 30.8 Å². The van der Waals surface area contributed by atoms with Gasteiger partial charge in [0.05, 0.1) is 24.0 Å². The zero-order valence-electron chi connectivity index (χ0n) is 16.6. The van der Waals surface area contributed by atoms with Crippen molar-refractivity contribution in [3.63, 3.8) is 0 Å². The van der Waals surface area contributed by atoms with Crippen molar-refractivity contribution in [2.24, 2.45) is 0 Å². The molecule has 1 amide bonds. The van der Waals surface area contributed by atoms with Gasteiger partial charge in [0.15, 0.2) is 11.5 Å². The molecule has 4 rings (SSSR count). The number of carbonyl (C=O) groups excluding carboxylic acids is 1. The molecule has 2 aliphatic rings. The summed E-state index contributed by atoms with van der Waals surface area (Å²) in [5.74, 6) is 2.29. The number of thioether (sulfide) groups is 1. The first-order chi connectivity index (χ1) is 14.6. The first-order valence-corrected chi connectivity index (χ1v) is 11.6. The average Bonchev–Trinajstić information content (AvgIpc) is 3.00. The second-order valence-electron chi connectivity index (χ2n) is 7.29. The van der Waals surface area contributed by atoms with Crippen molar-refractivity contribution in [2.45, 2.75) is 12.2 Å². The molecule has 5 nitrogen and oxygen atoms in total.